The second-order valence-electron chi connectivity index (χ2n) is 4.73. The van der Waals surface area contributed by atoms with Crippen LogP contribution in [-0.4, -0.2) is 18.5 Å². The van der Waals surface area contributed by atoms with Gasteiger partial charge in [0.25, 0.3) is 5.92 Å². The third-order valence-electron chi connectivity index (χ3n) is 2.90. The van der Waals surface area contributed by atoms with Gasteiger partial charge in [0, 0.05) is 17.5 Å². The van der Waals surface area contributed by atoms with Gasteiger partial charge in [-0.15, -0.1) is 0 Å². The largest absolute Gasteiger partial charge is 0.375 e. The lowest BCUT2D eigenvalue weighted by Gasteiger charge is -2.17. The molecule has 0 unspecified atom stereocenters. The number of hydrogen-bond donors (Lipinski definition) is 0. The first kappa shape index (κ1) is 16.6. The highest BCUT2D eigenvalue weighted by molar-refractivity contribution is 9.09. The Kier molecular flexibility index (Phi) is 7.54. The van der Waals surface area contributed by atoms with E-state index in [1.54, 1.807) is 6.07 Å². The molecule has 0 saturated carbocycles. The molecule has 0 atom stereocenters. The molecule has 0 amide bonds. The van der Waals surface area contributed by atoms with E-state index in [4.69, 9.17) is 4.74 Å². The second-order valence-corrected chi connectivity index (χ2v) is 5.52. The monoisotopic (exact) mass is 334 g/mol. The fourth-order valence-electron chi connectivity index (χ4n) is 1.81. The van der Waals surface area contributed by atoms with E-state index in [0.717, 1.165) is 36.6 Å². The normalized spacial score (nSPS) is 11.8. The Hall–Kier alpha value is -0.480. The smallest absolute Gasteiger partial charge is 0.296 e. The number of hydrogen-bond acceptors (Lipinski definition) is 1. The number of benzene rings is 1. The number of alkyl halides is 3. The third kappa shape index (κ3) is 6.48. The molecule has 0 aliphatic heterocycles. The van der Waals surface area contributed by atoms with Crippen LogP contribution in [-0.2, 0) is 10.7 Å². The Balaban J connectivity index is 2.27. The van der Waals surface area contributed by atoms with Crippen molar-refractivity contribution in [3.05, 3.63) is 35.4 Å². The van der Waals surface area contributed by atoms with Crippen molar-refractivity contribution in [2.24, 2.45) is 0 Å². The molecule has 0 saturated heterocycles. The Morgan fingerprint density at radius 1 is 1.16 bits per heavy atom. The van der Waals surface area contributed by atoms with Gasteiger partial charge in [-0.05, 0) is 19.8 Å². The molecule has 1 aromatic carbocycles. The second kappa shape index (κ2) is 8.64. The van der Waals surface area contributed by atoms with Gasteiger partial charge in [0.2, 0.25) is 0 Å². The van der Waals surface area contributed by atoms with Crippen molar-refractivity contribution in [3.8, 4) is 0 Å². The zero-order valence-corrected chi connectivity index (χ0v) is 12.9. The number of halogens is 3. The van der Waals surface area contributed by atoms with Crippen molar-refractivity contribution in [1.82, 2.24) is 0 Å². The molecule has 0 radical (unpaired) electrons. The SMILES string of the molecule is Cc1cccc(C(F)(F)COCCCCCCBr)c1. The summed E-state index contributed by atoms with van der Waals surface area (Å²) in [5.41, 5.74) is 0.874. The summed E-state index contributed by atoms with van der Waals surface area (Å²) in [5.74, 6) is -2.90. The van der Waals surface area contributed by atoms with Crippen LogP contribution in [0.5, 0.6) is 0 Å². The van der Waals surface area contributed by atoms with Crippen LogP contribution in [0.4, 0.5) is 8.78 Å². The van der Waals surface area contributed by atoms with Gasteiger partial charge in [-0.1, -0.05) is 58.6 Å². The quantitative estimate of drug-likeness (QED) is 0.453. The van der Waals surface area contributed by atoms with Crippen molar-refractivity contribution in [2.75, 3.05) is 18.5 Å². The number of rotatable bonds is 9. The highest BCUT2D eigenvalue weighted by atomic mass is 79.9. The topological polar surface area (TPSA) is 9.23 Å². The summed E-state index contributed by atoms with van der Waals surface area (Å²) in [4.78, 5) is 0. The van der Waals surface area contributed by atoms with Crippen molar-refractivity contribution >= 4 is 15.9 Å². The molecule has 1 nitrogen and oxygen atoms in total. The first-order valence-electron chi connectivity index (χ1n) is 6.65. The first-order chi connectivity index (χ1) is 9.06. The number of ether oxygens (including phenoxy) is 1. The van der Waals surface area contributed by atoms with Crippen molar-refractivity contribution in [1.29, 1.82) is 0 Å². The van der Waals surface area contributed by atoms with Crippen LogP contribution in [0.1, 0.15) is 36.8 Å². The van der Waals surface area contributed by atoms with E-state index in [2.05, 4.69) is 15.9 Å². The van der Waals surface area contributed by atoms with Crippen molar-refractivity contribution in [3.63, 3.8) is 0 Å². The molecule has 108 valence electrons. The van der Waals surface area contributed by atoms with Gasteiger partial charge in [0.05, 0.1) is 0 Å². The van der Waals surface area contributed by atoms with Gasteiger partial charge in [-0.2, -0.15) is 8.78 Å². The standard InChI is InChI=1S/C15H21BrF2O/c1-13-7-6-8-14(11-13)15(17,18)12-19-10-5-3-2-4-9-16/h6-8,11H,2-5,9-10,12H2,1H3. The molecule has 19 heavy (non-hydrogen) atoms. The van der Waals surface area contributed by atoms with E-state index in [0.29, 0.717) is 6.61 Å². The third-order valence-corrected chi connectivity index (χ3v) is 3.46. The van der Waals surface area contributed by atoms with Gasteiger partial charge in [-0.3, -0.25) is 0 Å². The summed E-state index contributed by atoms with van der Waals surface area (Å²) < 4.78 is 32.8. The van der Waals surface area contributed by atoms with E-state index in [1.165, 1.54) is 12.1 Å². The van der Waals surface area contributed by atoms with E-state index in [-0.39, 0.29) is 5.56 Å². The summed E-state index contributed by atoms with van der Waals surface area (Å²) in [7, 11) is 0. The zero-order chi connectivity index (χ0) is 14.1. The molecular formula is C15H21BrF2O. The summed E-state index contributed by atoms with van der Waals surface area (Å²) in [6, 6.07) is 6.43. The maximum absolute atomic E-state index is 13.8. The molecule has 1 rings (SSSR count). The van der Waals surface area contributed by atoms with Crippen LogP contribution in [0.25, 0.3) is 0 Å². The predicted molar refractivity (Wildman–Crippen MR) is 78.2 cm³/mol. The van der Waals surface area contributed by atoms with Gasteiger partial charge >= 0.3 is 0 Å². The van der Waals surface area contributed by atoms with Crippen molar-refractivity contribution < 1.29 is 13.5 Å². The lowest BCUT2D eigenvalue weighted by molar-refractivity contribution is -0.0831. The van der Waals surface area contributed by atoms with Crippen molar-refractivity contribution in [2.45, 2.75) is 38.5 Å². The maximum Gasteiger partial charge on any atom is 0.296 e. The lowest BCUT2D eigenvalue weighted by Crippen LogP contribution is -2.21. The Bertz CT molecular complexity index is 369. The molecule has 1 aromatic rings. The summed E-state index contributed by atoms with van der Waals surface area (Å²) in [6.07, 6.45) is 4.11. The molecule has 0 fully saturated rings. The molecule has 4 heteroatoms. The Morgan fingerprint density at radius 2 is 1.89 bits per heavy atom. The minimum Gasteiger partial charge on any atom is -0.375 e. The van der Waals surface area contributed by atoms with Crippen LogP contribution in [0.3, 0.4) is 0 Å². The fraction of sp³-hybridized carbons (Fsp3) is 0.600. The van der Waals surface area contributed by atoms with E-state index in [1.807, 2.05) is 13.0 Å². The average molecular weight is 335 g/mol. The maximum atomic E-state index is 13.8. The first-order valence-corrected chi connectivity index (χ1v) is 7.77. The summed E-state index contributed by atoms with van der Waals surface area (Å²) >= 11 is 3.36. The number of aryl methyl sites for hydroxylation is 1. The zero-order valence-electron chi connectivity index (χ0n) is 11.3. The molecule has 0 aromatic heterocycles. The van der Waals surface area contributed by atoms with Gasteiger partial charge in [-0.25, -0.2) is 0 Å². The predicted octanol–water partition coefficient (Wildman–Crippen LogP) is 5.06. The van der Waals surface area contributed by atoms with Crippen LogP contribution in [0.2, 0.25) is 0 Å². The molecule has 0 heterocycles. The molecule has 0 spiro atoms. The average Bonchev–Trinajstić information content (AvgIpc) is 2.38. The van der Waals surface area contributed by atoms with Gasteiger partial charge < -0.3 is 4.74 Å². The van der Waals surface area contributed by atoms with E-state index in [9.17, 15) is 8.78 Å². The molecule has 0 N–H and O–H groups in total. The number of unbranched alkanes of at least 4 members (excludes halogenated alkanes) is 3. The van der Waals surface area contributed by atoms with E-state index < -0.39 is 12.5 Å². The van der Waals surface area contributed by atoms with Crippen LogP contribution in [0.15, 0.2) is 24.3 Å². The highest BCUT2D eigenvalue weighted by Gasteiger charge is 2.31. The van der Waals surface area contributed by atoms with Crippen LogP contribution < -0.4 is 0 Å². The minimum atomic E-state index is -2.90. The lowest BCUT2D eigenvalue weighted by atomic mass is 10.1. The van der Waals surface area contributed by atoms with Crippen LogP contribution in [0, 0.1) is 6.92 Å². The Morgan fingerprint density at radius 3 is 2.58 bits per heavy atom. The fourth-order valence-corrected chi connectivity index (χ4v) is 2.20. The summed E-state index contributed by atoms with van der Waals surface area (Å²) in [6.45, 7) is 1.68. The van der Waals surface area contributed by atoms with Gasteiger partial charge in [0.15, 0.2) is 0 Å². The van der Waals surface area contributed by atoms with Crippen LogP contribution >= 0.6 is 15.9 Å². The highest BCUT2D eigenvalue weighted by Crippen LogP contribution is 2.28. The molecule has 0 bridgehead atoms. The molecular weight excluding hydrogens is 314 g/mol. The minimum absolute atomic E-state index is 0.0341. The Labute approximate surface area is 122 Å². The molecule has 0 aliphatic rings. The van der Waals surface area contributed by atoms with Gasteiger partial charge in [0.1, 0.15) is 6.61 Å². The van der Waals surface area contributed by atoms with E-state index >= 15 is 0 Å². The molecule has 0 aliphatic carbocycles. The summed E-state index contributed by atoms with van der Waals surface area (Å²) in [5, 5.41) is 0.999.